The van der Waals surface area contributed by atoms with Gasteiger partial charge in [0.15, 0.2) is 0 Å². The van der Waals surface area contributed by atoms with Crippen LogP contribution in [-0.2, 0) is 4.74 Å². The molecule has 3 nitrogen and oxygen atoms in total. The Bertz CT molecular complexity index is 240. The van der Waals surface area contributed by atoms with Gasteiger partial charge in [0.2, 0.25) is 0 Å². The molecule has 0 aromatic rings. The highest BCUT2D eigenvalue weighted by Gasteiger charge is 2.33. The first-order valence-electron chi connectivity index (χ1n) is 8.15. The van der Waals surface area contributed by atoms with Gasteiger partial charge >= 0.3 is 0 Å². The van der Waals surface area contributed by atoms with E-state index in [2.05, 4.69) is 24.3 Å². The van der Waals surface area contributed by atoms with E-state index in [1.165, 1.54) is 58.0 Å². The lowest BCUT2D eigenvalue weighted by Gasteiger charge is -2.41. The first-order chi connectivity index (χ1) is 9.24. The summed E-state index contributed by atoms with van der Waals surface area (Å²) in [6, 6.07) is 0. The Morgan fingerprint density at radius 3 is 2.47 bits per heavy atom. The van der Waals surface area contributed by atoms with E-state index in [0.717, 1.165) is 25.7 Å². The highest BCUT2D eigenvalue weighted by atomic mass is 16.5. The van der Waals surface area contributed by atoms with E-state index in [-0.39, 0.29) is 0 Å². The summed E-state index contributed by atoms with van der Waals surface area (Å²) in [5.41, 5.74) is 0.441. The van der Waals surface area contributed by atoms with Crippen molar-refractivity contribution >= 4 is 0 Å². The van der Waals surface area contributed by atoms with E-state index in [4.69, 9.17) is 4.74 Å². The molecule has 0 spiro atoms. The summed E-state index contributed by atoms with van der Waals surface area (Å²) in [4.78, 5) is 2.60. The first-order valence-corrected chi connectivity index (χ1v) is 8.15. The van der Waals surface area contributed by atoms with Crippen molar-refractivity contribution in [1.82, 2.24) is 10.2 Å². The van der Waals surface area contributed by atoms with Crippen LogP contribution in [-0.4, -0.2) is 51.8 Å². The zero-order valence-corrected chi connectivity index (χ0v) is 12.9. The maximum absolute atomic E-state index is 5.56. The van der Waals surface area contributed by atoms with Crippen molar-refractivity contribution in [2.75, 3.05) is 46.9 Å². The molecule has 1 heterocycles. The first kappa shape index (κ1) is 15.3. The molecule has 1 aliphatic heterocycles. The summed E-state index contributed by atoms with van der Waals surface area (Å²) in [7, 11) is 4.40. The van der Waals surface area contributed by atoms with E-state index in [0.29, 0.717) is 5.41 Å². The number of hydrogen-bond donors (Lipinski definition) is 1. The van der Waals surface area contributed by atoms with E-state index in [1.807, 2.05) is 0 Å². The molecule has 0 atom stereocenters. The molecule has 2 rings (SSSR count). The molecule has 112 valence electrons. The predicted octanol–water partition coefficient (Wildman–Crippen LogP) is 2.51. The van der Waals surface area contributed by atoms with E-state index in [1.54, 1.807) is 0 Å². The number of nitrogens with one attached hydrogen (secondary N) is 1. The number of ether oxygens (including phenoxy) is 1. The molecular weight excluding hydrogens is 236 g/mol. The third-order valence-electron chi connectivity index (χ3n) is 5.01. The normalized spacial score (nSPS) is 24.8. The predicted molar refractivity (Wildman–Crippen MR) is 80.5 cm³/mol. The minimum Gasteiger partial charge on any atom is -0.381 e. The van der Waals surface area contributed by atoms with Gasteiger partial charge in [0.25, 0.3) is 0 Å². The Balaban J connectivity index is 1.81. The average Bonchev–Trinajstić information content (AvgIpc) is 2.40. The van der Waals surface area contributed by atoms with Gasteiger partial charge in [-0.1, -0.05) is 19.3 Å². The van der Waals surface area contributed by atoms with E-state index in [9.17, 15) is 0 Å². The van der Waals surface area contributed by atoms with Crippen LogP contribution >= 0.6 is 0 Å². The summed E-state index contributed by atoms with van der Waals surface area (Å²) in [5, 5.41) is 3.41. The highest BCUT2D eigenvalue weighted by Crippen LogP contribution is 2.32. The lowest BCUT2D eigenvalue weighted by Crippen LogP contribution is -2.46. The molecule has 0 unspecified atom stereocenters. The van der Waals surface area contributed by atoms with E-state index >= 15 is 0 Å². The Morgan fingerprint density at radius 1 is 1.16 bits per heavy atom. The fourth-order valence-electron chi connectivity index (χ4n) is 4.02. The third kappa shape index (κ3) is 4.73. The van der Waals surface area contributed by atoms with Gasteiger partial charge in [-0.05, 0) is 51.1 Å². The monoisotopic (exact) mass is 268 g/mol. The van der Waals surface area contributed by atoms with Crippen molar-refractivity contribution in [2.45, 2.75) is 44.9 Å². The fourth-order valence-corrected chi connectivity index (χ4v) is 4.02. The summed E-state index contributed by atoms with van der Waals surface area (Å²) < 4.78 is 5.56. The number of hydrogen-bond acceptors (Lipinski definition) is 3. The van der Waals surface area contributed by atoms with Crippen LogP contribution in [0, 0.1) is 11.3 Å². The Morgan fingerprint density at radius 2 is 1.84 bits per heavy atom. The second-order valence-corrected chi connectivity index (χ2v) is 6.84. The second-order valence-electron chi connectivity index (χ2n) is 6.84. The smallest absolute Gasteiger partial charge is 0.0472 e. The molecule has 19 heavy (non-hydrogen) atoms. The molecule has 0 bridgehead atoms. The Hall–Kier alpha value is -0.120. The molecule has 2 fully saturated rings. The zero-order chi connectivity index (χ0) is 13.6. The molecule has 0 aromatic heterocycles. The number of nitrogens with zero attached hydrogens (tertiary/aromatic N) is 1. The minimum atomic E-state index is 0.441. The molecule has 0 radical (unpaired) electrons. The molecule has 1 aliphatic carbocycles. The standard InChI is InChI=1S/C16H32N2O/c1-17-13-16(8-10-19-11-9-16)14-18(2)12-15-6-4-3-5-7-15/h15,17H,3-14H2,1-2H3. The third-order valence-corrected chi connectivity index (χ3v) is 5.01. The molecule has 3 heteroatoms. The van der Waals surface area contributed by atoms with E-state index < -0.39 is 0 Å². The van der Waals surface area contributed by atoms with Crippen molar-refractivity contribution < 1.29 is 4.74 Å². The van der Waals surface area contributed by atoms with Gasteiger partial charge in [-0.15, -0.1) is 0 Å². The van der Waals surface area contributed by atoms with Gasteiger partial charge in [-0.3, -0.25) is 0 Å². The van der Waals surface area contributed by atoms with Crippen molar-refractivity contribution in [3.05, 3.63) is 0 Å². The lowest BCUT2D eigenvalue weighted by atomic mass is 9.79. The molecule has 1 saturated carbocycles. The largest absolute Gasteiger partial charge is 0.381 e. The highest BCUT2D eigenvalue weighted by molar-refractivity contribution is 4.86. The van der Waals surface area contributed by atoms with Gasteiger partial charge in [0, 0.05) is 32.8 Å². The molecule has 1 saturated heterocycles. The van der Waals surface area contributed by atoms with Crippen LogP contribution < -0.4 is 5.32 Å². The van der Waals surface area contributed by atoms with Crippen LogP contribution in [0.1, 0.15) is 44.9 Å². The van der Waals surface area contributed by atoms with Gasteiger partial charge in [0.05, 0.1) is 0 Å². The molecule has 2 aliphatic rings. The molecular formula is C16H32N2O. The summed E-state index contributed by atoms with van der Waals surface area (Å²) in [5.74, 6) is 0.949. The maximum atomic E-state index is 5.56. The minimum absolute atomic E-state index is 0.441. The molecule has 0 amide bonds. The maximum Gasteiger partial charge on any atom is 0.0472 e. The van der Waals surface area contributed by atoms with Crippen molar-refractivity contribution in [3.63, 3.8) is 0 Å². The molecule has 1 N–H and O–H groups in total. The van der Waals surface area contributed by atoms with Crippen LogP contribution in [0.15, 0.2) is 0 Å². The Kier molecular flexibility index (Phi) is 6.11. The SMILES string of the molecule is CNCC1(CN(C)CC2CCCCC2)CCOCC1. The van der Waals surface area contributed by atoms with Gasteiger partial charge in [-0.25, -0.2) is 0 Å². The van der Waals surface area contributed by atoms with Crippen LogP contribution in [0.25, 0.3) is 0 Å². The summed E-state index contributed by atoms with van der Waals surface area (Å²) >= 11 is 0. The van der Waals surface area contributed by atoms with Crippen LogP contribution in [0.5, 0.6) is 0 Å². The van der Waals surface area contributed by atoms with Crippen molar-refractivity contribution in [2.24, 2.45) is 11.3 Å². The van der Waals surface area contributed by atoms with Crippen molar-refractivity contribution in [3.8, 4) is 0 Å². The van der Waals surface area contributed by atoms with Gasteiger partial charge in [0.1, 0.15) is 0 Å². The fraction of sp³-hybridized carbons (Fsp3) is 1.00. The second kappa shape index (κ2) is 7.61. The van der Waals surface area contributed by atoms with Crippen LogP contribution in [0.2, 0.25) is 0 Å². The Labute approximate surface area is 119 Å². The van der Waals surface area contributed by atoms with Crippen LogP contribution in [0.3, 0.4) is 0 Å². The van der Waals surface area contributed by atoms with Gasteiger partial charge < -0.3 is 15.0 Å². The summed E-state index contributed by atoms with van der Waals surface area (Å²) in [6.07, 6.45) is 9.69. The number of rotatable bonds is 6. The van der Waals surface area contributed by atoms with Gasteiger partial charge in [-0.2, -0.15) is 0 Å². The quantitative estimate of drug-likeness (QED) is 0.801. The topological polar surface area (TPSA) is 24.5 Å². The van der Waals surface area contributed by atoms with Crippen LogP contribution in [0.4, 0.5) is 0 Å². The average molecular weight is 268 g/mol. The molecule has 0 aromatic carbocycles. The lowest BCUT2D eigenvalue weighted by molar-refractivity contribution is -0.00221. The van der Waals surface area contributed by atoms with Crippen molar-refractivity contribution in [1.29, 1.82) is 0 Å². The zero-order valence-electron chi connectivity index (χ0n) is 12.9. The summed E-state index contributed by atoms with van der Waals surface area (Å²) in [6.45, 7) is 5.54.